The third kappa shape index (κ3) is 3.81. The molecule has 0 spiro atoms. The molecule has 0 radical (unpaired) electrons. The summed E-state index contributed by atoms with van der Waals surface area (Å²) >= 11 is 5.13. The van der Waals surface area contributed by atoms with Crippen LogP contribution in [-0.2, 0) is 13.1 Å². The molecule has 5 heteroatoms. The number of halogens is 2. The van der Waals surface area contributed by atoms with Crippen molar-refractivity contribution in [3.63, 3.8) is 0 Å². The van der Waals surface area contributed by atoms with Crippen molar-refractivity contribution in [3.05, 3.63) is 50.4 Å². The van der Waals surface area contributed by atoms with E-state index in [0.29, 0.717) is 6.54 Å². The fourth-order valence-electron chi connectivity index (χ4n) is 2.12. The van der Waals surface area contributed by atoms with E-state index in [0.717, 1.165) is 28.1 Å². The van der Waals surface area contributed by atoms with Gasteiger partial charge in [0, 0.05) is 31.4 Å². The van der Waals surface area contributed by atoms with E-state index in [4.69, 9.17) is 0 Å². The highest BCUT2D eigenvalue weighted by Crippen LogP contribution is 2.26. The summed E-state index contributed by atoms with van der Waals surface area (Å²) in [4.78, 5) is 2.09. The molecule has 1 aromatic heterocycles. The second kappa shape index (κ2) is 7.20. The molecule has 0 saturated heterocycles. The number of nitrogens with zero attached hydrogens (tertiary/aromatic N) is 1. The van der Waals surface area contributed by atoms with E-state index < -0.39 is 0 Å². The fraction of sp³-hybridized carbons (Fsp3) is 0.333. The summed E-state index contributed by atoms with van der Waals surface area (Å²) in [6, 6.07) is 7.35. The van der Waals surface area contributed by atoms with E-state index in [-0.39, 0.29) is 5.82 Å². The van der Waals surface area contributed by atoms with E-state index in [1.807, 2.05) is 20.0 Å². The largest absolute Gasteiger partial charge is 0.370 e. The maximum absolute atomic E-state index is 14.0. The van der Waals surface area contributed by atoms with Gasteiger partial charge in [-0.15, -0.1) is 11.3 Å². The zero-order valence-corrected chi connectivity index (χ0v) is 14.0. The smallest absolute Gasteiger partial charge is 0.129 e. The Morgan fingerprint density at radius 1 is 1.40 bits per heavy atom. The lowest BCUT2D eigenvalue weighted by molar-refractivity contribution is 0.592. The van der Waals surface area contributed by atoms with Crippen molar-refractivity contribution in [2.24, 2.45) is 0 Å². The van der Waals surface area contributed by atoms with Crippen molar-refractivity contribution in [1.29, 1.82) is 0 Å². The monoisotopic (exact) mass is 356 g/mol. The Hall–Kier alpha value is -0.910. The van der Waals surface area contributed by atoms with Gasteiger partial charge in [0.25, 0.3) is 0 Å². The predicted octanol–water partition coefficient (Wildman–Crippen LogP) is 4.40. The summed E-state index contributed by atoms with van der Waals surface area (Å²) in [7, 11) is 2.00. The van der Waals surface area contributed by atoms with Crippen molar-refractivity contribution in [2.75, 3.05) is 18.5 Å². The van der Waals surface area contributed by atoms with E-state index in [1.165, 1.54) is 11.6 Å². The molecule has 0 saturated carbocycles. The number of nitrogens with one attached hydrogen (secondary N) is 1. The maximum atomic E-state index is 14.0. The molecule has 2 rings (SSSR count). The Balaban J connectivity index is 2.20. The first kappa shape index (κ1) is 15.5. The molecule has 20 heavy (non-hydrogen) atoms. The first-order valence-corrected chi connectivity index (χ1v) is 8.21. The third-order valence-electron chi connectivity index (χ3n) is 3.10. The highest BCUT2D eigenvalue weighted by molar-refractivity contribution is 9.11. The van der Waals surface area contributed by atoms with Crippen molar-refractivity contribution < 1.29 is 4.39 Å². The average molecular weight is 357 g/mol. The molecule has 0 amide bonds. The number of thiophene rings is 1. The normalized spacial score (nSPS) is 10.8. The first-order valence-electron chi connectivity index (χ1n) is 6.54. The number of anilines is 1. The van der Waals surface area contributed by atoms with Crippen molar-refractivity contribution in [2.45, 2.75) is 20.0 Å². The van der Waals surface area contributed by atoms with Crippen LogP contribution in [0, 0.1) is 5.82 Å². The second-order valence-electron chi connectivity index (χ2n) is 4.63. The summed E-state index contributed by atoms with van der Waals surface area (Å²) in [5.74, 6) is -0.151. The quantitative estimate of drug-likeness (QED) is 0.825. The van der Waals surface area contributed by atoms with Crippen LogP contribution in [0.2, 0.25) is 0 Å². The van der Waals surface area contributed by atoms with Gasteiger partial charge >= 0.3 is 0 Å². The Labute approximate surface area is 131 Å². The molecule has 108 valence electrons. The Kier molecular flexibility index (Phi) is 5.57. The van der Waals surface area contributed by atoms with E-state index >= 15 is 0 Å². The van der Waals surface area contributed by atoms with Crippen LogP contribution in [0.25, 0.3) is 0 Å². The highest BCUT2D eigenvalue weighted by atomic mass is 79.9. The minimum atomic E-state index is -0.151. The number of hydrogen-bond acceptors (Lipinski definition) is 3. The zero-order chi connectivity index (χ0) is 14.5. The van der Waals surface area contributed by atoms with Crippen LogP contribution in [-0.4, -0.2) is 13.6 Å². The van der Waals surface area contributed by atoms with Crippen LogP contribution in [0.15, 0.2) is 33.4 Å². The van der Waals surface area contributed by atoms with Crippen molar-refractivity contribution >= 4 is 33.0 Å². The number of rotatable bonds is 6. The summed E-state index contributed by atoms with van der Waals surface area (Å²) in [5, 5.41) is 5.31. The maximum Gasteiger partial charge on any atom is 0.129 e. The van der Waals surface area contributed by atoms with Gasteiger partial charge in [0.1, 0.15) is 5.82 Å². The van der Waals surface area contributed by atoms with Gasteiger partial charge < -0.3 is 10.2 Å². The number of benzene rings is 1. The minimum absolute atomic E-state index is 0.151. The molecule has 2 aromatic rings. The van der Waals surface area contributed by atoms with E-state index in [1.54, 1.807) is 17.4 Å². The van der Waals surface area contributed by atoms with Gasteiger partial charge in [-0.2, -0.15) is 0 Å². The Bertz CT molecular complexity index is 571. The average Bonchev–Trinajstić information content (AvgIpc) is 2.82. The molecule has 0 bridgehead atoms. The van der Waals surface area contributed by atoms with E-state index in [2.05, 4.69) is 37.6 Å². The number of hydrogen-bond donors (Lipinski definition) is 1. The van der Waals surface area contributed by atoms with Gasteiger partial charge in [0.2, 0.25) is 0 Å². The standard InChI is InChI=1S/C15H18BrFN2S/c1-3-18-8-12-13(17)5-4-6-14(12)19(2)9-11-7-15(16)20-10-11/h4-7,10,18H,3,8-9H2,1-2H3. The van der Waals surface area contributed by atoms with Gasteiger partial charge in [-0.05, 0) is 51.6 Å². The van der Waals surface area contributed by atoms with Crippen LogP contribution >= 0.6 is 27.3 Å². The molecular formula is C15H18BrFN2S. The predicted molar refractivity (Wildman–Crippen MR) is 87.9 cm³/mol. The van der Waals surface area contributed by atoms with Gasteiger partial charge in [0.05, 0.1) is 3.79 Å². The van der Waals surface area contributed by atoms with Crippen LogP contribution in [0.1, 0.15) is 18.1 Å². The van der Waals surface area contributed by atoms with Crippen molar-refractivity contribution in [3.8, 4) is 0 Å². The lowest BCUT2D eigenvalue weighted by Crippen LogP contribution is -2.21. The van der Waals surface area contributed by atoms with E-state index in [9.17, 15) is 4.39 Å². The molecule has 1 N–H and O–H groups in total. The second-order valence-corrected chi connectivity index (χ2v) is 6.92. The highest BCUT2D eigenvalue weighted by Gasteiger charge is 2.12. The molecule has 0 atom stereocenters. The summed E-state index contributed by atoms with van der Waals surface area (Å²) in [6.07, 6.45) is 0. The molecule has 0 fully saturated rings. The molecule has 1 heterocycles. The van der Waals surface area contributed by atoms with Gasteiger partial charge in [-0.1, -0.05) is 13.0 Å². The van der Waals surface area contributed by atoms with Crippen LogP contribution in [0.3, 0.4) is 0 Å². The molecule has 0 aliphatic carbocycles. The molecule has 2 nitrogen and oxygen atoms in total. The molecule has 0 unspecified atom stereocenters. The van der Waals surface area contributed by atoms with Crippen LogP contribution < -0.4 is 10.2 Å². The summed E-state index contributed by atoms with van der Waals surface area (Å²) in [5.41, 5.74) is 2.89. The summed E-state index contributed by atoms with van der Waals surface area (Å²) < 4.78 is 15.1. The zero-order valence-electron chi connectivity index (χ0n) is 11.6. The Morgan fingerprint density at radius 3 is 2.85 bits per heavy atom. The lowest BCUT2D eigenvalue weighted by atomic mass is 10.1. The van der Waals surface area contributed by atoms with Crippen molar-refractivity contribution in [1.82, 2.24) is 5.32 Å². The van der Waals surface area contributed by atoms with Gasteiger partial charge in [-0.25, -0.2) is 4.39 Å². The SMILES string of the molecule is CCNCc1c(F)cccc1N(C)Cc1csc(Br)c1. The van der Waals surface area contributed by atoms with Gasteiger partial charge in [-0.3, -0.25) is 0 Å². The minimum Gasteiger partial charge on any atom is -0.370 e. The summed E-state index contributed by atoms with van der Waals surface area (Å²) in [6.45, 7) is 4.17. The molecule has 0 aliphatic rings. The van der Waals surface area contributed by atoms with Crippen LogP contribution in [0.4, 0.5) is 10.1 Å². The molecule has 0 aliphatic heterocycles. The molecular weight excluding hydrogens is 339 g/mol. The topological polar surface area (TPSA) is 15.3 Å². The first-order chi connectivity index (χ1) is 9.61. The molecule has 1 aromatic carbocycles. The third-order valence-corrected chi connectivity index (χ3v) is 4.65. The van der Waals surface area contributed by atoms with Gasteiger partial charge in [0.15, 0.2) is 0 Å². The van der Waals surface area contributed by atoms with Crippen LogP contribution in [0.5, 0.6) is 0 Å². The Morgan fingerprint density at radius 2 is 2.20 bits per heavy atom. The fourth-order valence-corrected chi connectivity index (χ4v) is 3.32. The lowest BCUT2D eigenvalue weighted by Gasteiger charge is -2.22.